The van der Waals surface area contributed by atoms with Crippen LogP contribution in [0.4, 0.5) is 10.5 Å². The number of rotatable bonds is 5. The minimum Gasteiger partial charge on any atom is -0.331 e. The van der Waals surface area contributed by atoms with Crippen LogP contribution in [0.5, 0.6) is 0 Å². The molecule has 0 radical (unpaired) electrons. The lowest BCUT2D eigenvalue weighted by molar-refractivity contribution is 0.247. The standard InChI is InChI=1S/C20H24N2O/c1-3-15-11-7-8-14(2)18(15)21-20(23)22-19(17-12-13-17)16-9-5-4-6-10-16/h4-11,17,19H,3,12-13H2,1-2H3,(H2,21,22,23). The fraction of sp³-hybridized carbons (Fsp3) is 0.350. The van der Waals surface area contributed by atoms with Gasteiger partial charge in [-0.2, -0.15) is 0 Å². The van der Waals surface area contributed by atoms with Crippen LogP contribution < -0.4 is 10.6 Å². The van der Waals surface area contributed by atoms with Gasteiger partial charge in [0.2, 0.25) is 0 Å². The lowest BCUT2D eigenvalue weighted by atomic mass is 10.0. The Balaban J connectivity index is 1.74. The van der Waals surface area contributed by atoms with E-state index in [-0.39, 0.29) is 12.1 Å². The minimum atomic E-state index is -0.116. The third-order valence-corrected chi connectivity index (χ3v) is 4.52. The van der Waals surface area contributed by atoms with Gasteiger partial charge in [-0.3, -0.25) is 0 Å². The molecule has 2 aromatic carbocycles. The van der Waals surface area contributed by atoms with Crippen molar-refractivity contribution < 1.29 is 4.79 Å². The molecule has 0 bridgehead atoms. The lowest BCUT2D eigenvalue weighted by Crippen LogP contribution is -2.34. The first-order valence-corrected chi connectivity index (χ1v) is 8.40. The van der Waals surface area contributed by atoms with Gasteiger partial charge in [-0.05, 0) is 48.8 Å². The molecule has 0 saturated heterocycles. The van der Waals surface area contributed by atoms with E-state index >= 15 is 0 Å². The predicted octanol–water partition coefficient (Wildman–Crippen LogP) is 4.83. The summed E-state index contributed by atoms with van der Waals surface area (Å²) in [5, 5.41) is 6.23. The summed E-state index contributed by atoms with van der Waals surface area (Å²) in [7, 11) is 0. The molecular formula is C20H24N2O. The summed E-state index contributed by atoms with van der Waals surface area (Å²) < 4.78 is 0. The molecule has 1 fully saturated rings. The van der Waals surface area contributed by atoms with Gasteiger partial charge in [0.25, 0.3) is 0 Å². The zero-order chi connectivity index (χ0) is 16.2. The molecule has 1 aliphatic rings. The Bertz CT molecular complexity index is 677. The van der Waals surface area contributed by atoms with Crippen molar-refractivity contribution in [2.45, 2.75) is 39.2 Å². The second-order valence-electron chi connectivity index (χ2n) is 6.29. The largest absolute Gasteiger partial charge is 0.331 e. The van der Waals surface area contributed by atoms with Crippen LogP contribution in [-0.2, 0) is 6.42 Å². The Labute approximate surface area is 138 Å². The number of aryl methyl sites for hydroxylation is 2. The van der Waals surface area contributed by atoms with E-state index in [1.807, 2.05) is 37.3 Å². The van der Waals surface area contributed by atoms with E-state index in [0.29, 0.717) is 5.92 Å². The molecule has 1 atom stereocenters. The summed E-state index contributed by atoms with van der Waals surface area (Å²) in [5.74, 6) is 0.561. The highest BCUT2D eigenvalue weighted by atomic mass is 16.2. The van der Waals surface area contributed by atoms with E-state index < -0.39 is 0 Å². The van der Waals surface area contributed by atoms with E-state index in [1.54, 1.807) is 0 Å². The molecule has 0 spiro atoms. The minimum absolute atomic E-state index is 0.102. The number of para-hydroxylation sites is 1. The summed E-state index contributed by atoms with van der Waals surface area (Å²) in [6.07, 6.45) is 3.27. The molecule has 1 saturated carbocycles. The Morgan fingerprint density at radius 3 is 2.52 bits per heavy atom. The van der Waals surface area contributed by atoms with Crippen molar-refractivity contribution in [3.8, 4) is 0 Å². The normalized spacial score (nSPS) is 15.0. The number of benzene rings is 2. The van der Waals surface area contributed by atoms with Crippen molar-refractivity contribution in [1.82, 2.24) is 5.32 Å². The zero-order valence-electron chi connectivity index (χ0n) is 13.8. The molecule has 23 heavy (non-hydrogen) atoms. The van der Waals surface area contributed by atoms with Gasteiger partial charge < -0.3 is 10.6 Å². The van der Waals surface area contributed by atoms with Crippen molar-refractivity contribution in [2.75, 3.05) is 5.32 Å². The predicted molar refractivity (Wildman–Crippen MR) is 94.6 cm³/mol. The summed E-state index contributed by atoms with van der Waals surface area (Å²) in [6, 6.07) is 16.4. The first-order chi connectivity index (χ1) is 11.2. The summed E-state index contributed by atoms with van der Waals surface area (Å²) >= 11 is 0. The number of amides is 2. The molecule has 2 N–H and O–H groups in total. The van der Waals surface area contributed by atoms with E-state index in [9.17, 15) is 4.79 Å². The molecule has 2 amide bonds. The molecule has 0 aliphatic heterocycles. The molecule has 3 nitrogen and oxygen atoms in total. The smallest absolute Gasteiger partial charge is 0.319 e. The molecule has 1 unspecified atom stereocenters. The van der Waals surface area contributed by atoms with Crippen molar-refractivity contribution in [1.29, 1.82) is 0 Å². The third kappa shape index (κ3) is 3.73. The zero-order valence-corrected chi connectivity index (χ0v) is 13.8. The fourth-order valence-corrected chi connectivity index (χ4v) is 3.06. The molecule has 3 rings (SSSR count). The van der Waals surface area contributed by atoms with Crippen molar-refractivity contribution >= 4 is 11.7 Å². The van der Waals surface area contributed by atoms with Gasteiger partial charge in [-0.1, -0.05) is 55.5 Å². The summed E-state index contributed by atoms with van der Waals surface area (Å²) in [6.45, 7) is 4.14. The Hall–Kier alpha value is -2.29. The first-order valence-electron chi connectivity index (χ1n) is 8.40. The van der Waals surface area contributed by atoms with Crippen LogP contribution in [0.1, 0.15) is 42.5 Å². The number of carbonyl (C=O) groups is 1. The average molecular weight is 308 g/mol. The average Bonchev–Trinajstić information content (AvgIpc) is 3.40. The maximum absolute atomic E-state index is 12.5. The molecule has 3 heteroatoms. The maximum Gasteiger partial charge on any atom is 0.319 e. The summed E-state index contributed by atoms with van der Waals surface area (Å²) in [4.78, 5) is 12.5. The first kappa shape index (κ1) is 15.6. The monoisotopic (exact) mass is 308 g/mol. The second-order valence-corrected chi connectivity index (χ2v) is 6.29. The Morgan fingerprint density at radius 1 is 1.13 bits per heavy atom. The van der Waals surface area contributed by atoms with Gasteiger partial charge in [-0.15, -0.1) is 0 Å². The van der Waals surface area contributed by atoms with Gasteiger partial charge in [0.15, 0.2) is 0 Å². The number of nitrogens with one attached hydrogen (secondary N) is 2. The molecule has 120 valence electrons. The van der Waals surface area contributed by atoms with Gasteiger partial charge >= 0.3 is 6.03 Å². The SMILES string of the molecule is CCc1cccc(C)c1NC(=O)NC(c1ccccc1)C1CC1. The molecule has 0 aromatic heterocycles. The molecular weight excluding hydrogens is 284 g/mol. The van der Waals surface area contributed by atoms with E-state index in [4.69, 9.17) is 0 Å². The molecule has 2 aromatic rings. The number of hydrogen-bond donors (Lipinski definition) is 2. The van der Waals surface area contributed by atoms with E-state index in [0.717, 1.165) is 17.7 Å². The van der Waals surface area contributed by atoms with Gasteiger partial charge in [0, 0.05) is 5.69 Å². The topological polar surface area (TPSA) is 41.1 Å². The lowest BCUT2D eigenvalue weighted by Gasteiger charge is -2.20. The Kier molecular flexibility index (Phi) is 4.65. The van der Waals surface area contributed by atoms with Crippen LogP contribution in [0, 0.1) is 12.8 Å². The van der Waals surface area contributed by atoms with Gasteiger partial charge in [0.05, 0.1) is 6.04 Å². The van der Waals surface area contributed by atoms with E-state index in [2.05, 4.69) is 35.8 Å². The number of anilines is 1. The van der Waals surface area contributed by atoms with Gasteiger partial charge in [-0.25, -0.2) is 4.79 Å². The highest BCUT2D eigenvalue weighted by molar-refractivity contribution is 5.91. The molecule has 1 aliphatic carbocycles. The summed E-state index contributed by atoms with van der Waals surface area (Å²) in [5.41, 5.74) is 4.39. The van der Waals surface area contributed by atoms with Crippen LogP contribution in [-0.4, -0.2) is 6.03 Å². The highest BCUT2D eigenvalue weighted by Gasteiger charge is 2.33. The van der Waals surface area contributed by atoms with Crippen molar-refractivity contribution in [3.05, 3.63) is 65.2 Å². The maximum atomic E-state index is 12.5. The Morgan fingerprint density at radius 2 is 1.87 bits per heavy atom. The third-order valence-electron chi connectivity index (χ3n) is 4.52. The number of urea groups is 1. The number of hydrogen-bond acceptors (Lipinski definition) is 1. The van der Waals surface area contributed by atoms with Crippen molar-refractivity contribution in [2.24, 2.45) is 5.92 Å². The fourth-order valence-electron chi connectivity index (χ4n) is 3.06. The second kappa shape index (κ2) is 6.86. The van der Waals surface area contributed by atoms with Crippen LogP contribution in [0.15, 0.2) is 48.5 Å². The highest BCUT2D eigenvalue weighted by Crippen LogP contribution is 2.41. The van der Waals surface area contributed by atoms with Crippen LogP contribution in [0.2, 0.25) is 0 Å². The quantitative estimate of drug-likeness (QED) is 0.816. The number of carbonyl (C=O) groups excluding carboxylic acids is 1. The van der Waals surface area contributed by atoms with Gasteiger partial charge in [0.1, 0.15) is 0 Å². The van der Waals surface area contributed by atoms with Crippen LogP contribution >= 0.6 is 0 Å². The van der Waals surface area contributed by atoms with E-state index in [1.165, 1.54) is 24.0 Å². The molecule has 0 heterocycles. The van der Waals surface area contributed by atoms with Crippen LogP contribution in [0.3, 0.4) is 0 Å². The van der Waals surface area contributed by atoms with Crippen molar-refractivity contribution in [3.63, 3.8) is 0 Å². The van der Waals surface area contributed by atoms with Crippen LogP contribution in [0.25, 0.3) is 0 Å².